The van der Waals surface area contributed by atoms with Gasteiger partial charge in [-0.25, -0.2) is 9.97 Å². The van der Waals surface area contributed by atoms with E-state index in [1.807, 2.05) is 24.3 Å². The van der Waals surface area contributed by atoms with Crippen molar-refractivity contribution in [3.05, 3.63) is 45.9 Å². The largest absolute Gasteiger partial charge is 0.399 e. The van der Waals surface area contributed by atoms with E-state index in [9.17, 15) is 4.79 Å². The first-order valence-electron chi connectivity index (χ1n) is 5.89. The summed E-state index contributed by atoms with van der Waals surface area (Å²) in [7, 11) is 0. The second-order valence-electron chi connectivity index (χ2n) is 4.26. The molecule has 1 aromatic carbocycles. The zero-order valence-electron chi connectivity index (χ0n) is 10.7. The van der Waals surface area contributed by atoms with Crippen LogP contribution in [0.25, 0.3) is 0 Å². The van der Waals surface area contributed by atoms with Crippen molar-refractivity contribution in [2.75, 3.05) is 17.2 Å². The fourth-order valence-corrected chi connectivity index (χ4v) is 2.49. The fraction of sp³-hybridized carbons (Fsp3) is 0.154. The lowest BCUT2D eigenvalue weighted by molar-refractivity contribution is -0.116. The lowest BCUT2D eigenvalue weighted by atomic mass is 10.2. The fourth-order valence-electron chi connectivity index (χ4n) is 1.84. The molecule has 20 heavy (non-hydrogen) atoms. The number of amides is 1. The van der Waals surface area contributed by atoms with Crippen LogP contribution in [0.15, 0.2) is 36.8 Å². The molecular weight excluding hydrogens is 369 g/mol. The lowest BCUT2D eigenvalue weighted by Gasteiger charge is -2.23. The molecule has 0 aliphatic heterocycles. The van der Waals surface area contributed by atoms with Crippen molar-refractivity contribution in [2.24, 2.45) is 5.73 Å². The van der Waals surface area contributed by atoms with Crippen molar-refractivity contribution in [2.45, 2.75) is 6.54 Å². The molecule has 7 heteroatoms. The number of rotatable bonds is 5. The summed E-state index contributed by atoms with van der Waals surface area (Å²) in [5.74, 6) is 0.269. The average Bonchev–Trinajstić information content (AvgIpc) is 2.38. The Morgan fingerprint density at radius 3 is 2.85 bits per heavy atom. The number of anilines is 2. The number of nitrogen functional groups attached to an aromatic ring is 1. The van der Waals surface area contributed by atoms with Crippen LogP contribution in [0.4, 0.5) is 11.5 Å². The maximum atomic E-state index is 11.3. The van der Waals surface area contributed by atoms with E-state index in [-0.39, 0.29) is 6.54 Å². The molecule has 0 radical (unpaired) electrons. The normalized spacial score (nSPS) is 10.2. The molecule has 0 unspecified atom stereocenters. The minimum absolute atomic E-state index is 0.0851. The summed E-state index contributed by atoms with van der Waals surface area (Å²) in [6.45, 7) is 0.586. The number of primary amides is 1. The standard InChI is InChI=1S/C13H14IN5O/c14-11-5-17-8-18-13(11)19(7-12(16)20)6-9-2-1-3-10(15)4-9/h1-5,8H,6-7,15H2,(H2,16,20). The van der Waals surface area contributed by atoms with Crippen LogP contribution in [0.1, 0.15) is 5.56 Å². The SMILES string of the molecule is NC(=O)CN(Cc1cccc(N)c1)c1ncncc1I. The van der Waals surface area contributed by atoms with Crippen LogP contribution in [0.2, 0.25) is 0 Å². The van der Waals surface area contributed by atoms with Crippen molar-refractivity contribution in [1.82, 2.24) is 9.97 Å². The summed E-state index contributed by atoms with van der Waals surface area (Å²) in [6.07, 6.45) is 3.14. The summed E-state index contributed by atoms with van der Waals surface area (Å²) in [5.41, 5.74) is 12.7. The van der Waals surface area contributed by atoms with Crippen LogP contribution in [0.5, 0.6) is 0 Å². The zero-order chi connectivity index (χ0) is 14.5. The van der Waals surface area contributed by atoms with Crippen molar-refractivity contribution in [3.63, 3.8) is 0 Å². The Bertz CT molecular complexity index is 619. The Morgan fingerprint density at radius 2 is 2.20 bits per heavy atom. The molecule has 0 aliphatic rings. The first kappa shape index (κ1) is 14.5. The van der Waals surface area contributed by atoms with Crippen LogP contribution in [0.3, 0.4) is 0 Å². The summed E-state index contributed by atoms with van der Waals surface area (Å²) < 4.78 is 0.857. The van der Waals surface area contributed by atoms with E-state index in [2.05, 4.69) is 32.6 Å². The lowest BCUT2D eigenvalue weighted by Crippen LogP contribution is -2.34. The highest BCUT2D eigenvalue weighted by molar-refractivity contribution is 14.1. The molecule has 2 aromatic rings. The molecule has 4 N–H and O–H groups in total. The maximum Gasteiger partial charge on any atom is 0.237 e. The summed E-state index contributed by atoms with van der Waals surface area (Å²) in [4.78, 5) is 21.2. The summed E-state index contributed by atoms with van der Waals surface area (Å²) >= 11 is 2.13. The van der Waals surface area contributed by atoms with E-state index < -0.39 is 5.91 Å². The Balaban J connectivity index is 2.29. The average molecular weight is 383 g/mol. The van der Waals surface area contributed by atoms with Crippen LogP contribution in [-0.2, 0) is 11.3 Å². The van der Waals surface area contributed by atoms with Gasteiger partial charge in [0.05, 0.1) is 10.1 Å². The van der Waals surface area contributed by atoms with Crippen molar-refractivity contribution in [1.29, 1.82) is 0 Å². The van der Waals surface area contributed by atoms with Gasteiger partial charge in [0.1, 0.15) is 12.1 Å². The van der Waals surface area contributed by atoms with E-state index in [0.717, 1.165) is 9.13 Å². The van der Waals surface area contributed by atoms with Crippen LogP contribution in [0, 0.1) is 3.57 Å². The summed E-state index contributed by atoms with van der Waals surface area (Å²) in [5, 5.41) is 0. The number of carbonyl (C=O) groups is 1. The van der Waals surface area contributed by atoms with Gasteiger partial charge in [-0.1, -0.05) is 12.1 Å². The number of nitrogens with zero attached hydrogens (tertiary/aromatic N) is 3. The van der Waals surface area contributed by atoms with Gasteiger partial charge < -0.3 is 16.4 Å². The van der Waals surface area contributed by atoms with Gasteiger partial charge >= 0.3 is 0 Å². The molecular formula is C13H14IN5O. The molecule has 0 saturated carbocycles. The Morgan fingerprint density at radius 1 is 1.40 bits per heavy atom. The summed E-state index contributed by atoms with van der Waals surface area (Å²) in [6, 6.07) is 7.49. The molecule has 1 amide bonds. The van der Waals surface area contributed by atoms with Gasteiger partial charge in [0.15, 0.2) is 0 Å². The number of hydrogen-bond donors (Lipinski definition) is 2. The number of halogens is 1. The van der Waals surface area contributed by atoms with Crippen molar-refractivity contribution < 1.29 is 4.79 Å². The smallest absolute Gasteiger partial charge is 0.237 e. The van der Waals surface area contributed by atoms with Gasteiger partial charge in [-0.2, -0.15) is 0 Å². The minimum Gasteiger partial charge on any atom is -0.399 e. The van der Waals surface area contributed by atoms with E-state index >= 15 is 0 Å². The third-order valence-electron chi connectivity index (χ3n) is 2.62. The molecule has 1 aromatic heterocycles. The Labute approximate surface area is 130 Å². The van der Waals surface area contributed by atoms with Gasteiger partial charge in [0.25, 0.3) is 0 Å². The molecule has 0 fully saturated rings. The molecule has 0 saturated heterocycles. The van der Waals surface area contributed by atoms with Gasteiger partial charge in [-0.05, 0) is 40.3 Å². The molecule has 0 bridgehead atoms. The maximum absolute atomic E-state index is 11.3. The minimum atomic E-state index is -0.414. The molecule has 2 rings (SSSR count). The zero-order valence-corrected chi connectivity index (χ0v) is 12.8. The first-order chi connectivity index (χ1) is 9.56. The predicted molar refractivity (Wildman–Crippen MR) is 85.8 cm³/mol. The van der Waals surface area contributed by atoms with Crippen molar-refractivity contribution >= 4 is 40.0 Å². The number of aromatic nitrogens is 2. The Hall–Kier alpha value is -1.90. The second kappa shape index (κ2) is 6.51. The van der Waals surface area contributed by atoms with E-state index in [0.29, 0.717) is 18.1 Å². The molecule has 0 aliphatic carbocycles. The highest BCUT2D eigenvalue weighted by Crippen LogP contribution is 2.20. The van der Waals surface area contributed by atoms with Gasteiger partial charge in [-0.3, -0.25) is 4.79 Å². The van der Waals surface area contributed by atoms with Gasteiger partial charge in [0.2, 0.25) is 5.91 Å². The highest BCUT2D eigenvalue weighted by Gasteiger charge is 2.14. The molecule has 1 heterocycles. The number of hydrogen-bond acceptors (Lipinski definition) is 5. The molecule has 0 spiro atoms. The number of carbonyl (C=O) groups excluding carboxylic acids is 1. The second-order valence-corrected chi connectivity index (χ2v) is 5.42. The van der Waals surface area contributed by atoms with Gasteiger partial charge in [0, 0.05) is 18.4 Å². The predicted octanol–water partition coefficient (Wildman–Crippen LogP) is 1.16. The van der Waals surface area contributed by atoms with E-state index in [1.54, 1.807) is 11.1 Å². The van der Waals surface area contributed by atoms with Crippen LogP contribution >= 0.6 is 22.6 Å². The quantitative estimate of drug-likeness (QED) is 0.597. The van der Waals surface area contributed by atoms with Gasteiger partial charge in [-0.15, -0.1) is 0 Å². The molecule has 0 atom stereocenters. The first-order valence-corrected chi connectivity index (χ1v) is 6.97. The number of nitrogens with two attached hydrogens (primary N) is 2. The van der Waals surface area contributed by atoms with Crippen LogP contribution < -0.4 is 16.4 Å². The molecule has 6 nitrogen and oxygen atoms in total. The highest BCUT2D eigenvalue weighted by atomic mass is 127. The molecule has 104 valence electrons. The Kier molecular flexibility index (Phi) is 4.72. The van der Waals surface area contributed by atoms with Crippen molar-refractivity contribution in [3.8, 4) is 0 Å². The third-order valence-corrected chi connectivity index (χ3v) is 3.38. The third kappa shape index (κ3) is 3.80. The van der Waals surface area contributed by atoms with E-state index in [1.165, 1.54) is 6.33 Å². The monoisotopic (exact) mass is 383 g/mol. The topological polar surface area (TPSA) is 98.1 Å². The van der Waals surface area contributed by atoms with Crippen LogP contribution in [-0.4, -0.2) is 22.4 Å². The number of benzene rings is 1. The van der Waals surface area contributed by atoms with E-state index in [4.69, 9.17) is 11.5 Å².